The quantitative estimate of drug-likeness (QED) is 0.754. The fourth-order valence-electron chi connectivity index (χ4n) is 2.27. The lowest BCUT2D eigenvalue weighted by Crippen LogP contribution is -2.27. The molecule has 0 bridgehead atoms. The Kier molecular flexibility index (Phi) is 5.78. The lowest BCUT2D eigenvalue weighted by atomic mass is 9.93. The normalized spacial score (nSPS) is 21.5. The number of carboxylic acids is 1. The van der Waals surface area contributed by atoms with E-state index in [1.807, 2.05) is 30.3 Å². The zero-order valence-corrected chi connectivity index (χ0v) is 11.8. The summed E-state index contributed by atoms with van der Waals surface area (Å²) in [7, 11) is 0. The Morgan fingerprint density at radius 1 is 1.29 bits per heavy atom. The molecule has 2 rings (SSSR count). The average Bonchev–Trinajstić information content (AvgIpc) is 2.52. The first-order valence-electron chi connectivity index (χ1n) is 7.10. The van der Waals surface area contributed by atoms with E-state index in [0.717, 1.165) is 12.0 Å². The number of aliphatic hydroxyl groups excluding tert-OH is 1. The fraction of sp³-hybridized carbons (Fsp3) is 0.438. The van der Waals surface area contributed by atoms with E-state index >= 15 is 0 Å². The van der Waals surface area contributed by atoms with Crippen LogP contribution >= 0.6 is 0 Å². The number of rotatable bonds is 7. The Morgan fingerprint density at radius 3 is 2.71 bits per heavy atom. The molecular weight excluding hydrogens is 272 g/mol. The van der Waals surface area contributed by atoms with Crippen molar-refractivity contribution < 1.29 is 24.5 Å². The molecule has 0 saturated heterocycles. The molecule has 1 heterocycles. The molecule has 1 aromatic carbocycles. The van der Waals surface area contributed by atoms with Crippen molar-refractivity contribution in [3.63, 3.8) is 0 Å². The molecule has 2 N–H and O–H groups in total. The molecule has 0 spiro atoms. The Balaban J connectivity index is 2.03. The van der Waals surface area contributed by atoms with Gasteiger partial charge in [0.15, 0.2) is 0 Å². The predicted octanol–water partition coefficient (Wildman–Crippen LogP) is 2.27. The molecule has 0 radical (unpaired) electrons. The third-order valence-corrected chi connectivity index (χ3v) is 3.35. The number of aliphatic hydroxyl groups is 1. The molecule has 0 fully saturated rings. The van der Waals surface area contributed by atoms with Crippen LogP contribution in [0.1, 0.15) is 30.7 Å². The van der Waals surface area contributed by atoms with E-state index in [0.29, 0.717) is 19.4 Å². The van der Waals surface area contributed by atoms with E-state index in [1.165, 1.54) is 0 Å². The Morgan fingerprint density at radius 2 is 2.05 bits per heavy atom. The summed E-state index contributed by atoms with van der Waals surface area (Å²) in [5, 5.41) is 17.9. The molecule has 0 aromatic heterocycles. The van der Waals surface area contributed by atoms with Gasteiger partial charge >= 0.3 is 5.97 Å². The maximum Gasteiger partial charge on any atom is 0.370 e. The molecule has 1 aliphatic heterocycles. The summed E-state index contributed by atoms with van der Waals surface area (Å²) in [4.78, 5) is 11.2. The molecule has 2 atom stereocenters. The van der Waals surface area contributed by atoms with Crippen molar-refractivity contribution in [2.75, 3.05) is 13.2 Å². The van der Waals surface area contributed by atoms with Gasteiger partial charge in [-0.25, -0.2) is 4.79 Å². The van der Waals surface area contributed by atoms with Crippen LogP contribution in [0.4, 0.5) is 0 Å². The number of hydrogen-bond acceptors (Lipinski definition) is 4. The number of carbonyl (C=O) groups is 1. The highest BCUT2D eigenvalue weighted by molar-refractivity contribution is 5.84. The van der Waals surface area contributed by atoms with Crippen molar-refractivity contribution in [3.8, 4) is 0 Å². The molecule has 0 saturated carbocycles. The van der Waals surface area contributed by atoms with Gasteiger partial charge < -0.3 is 19.7 Å². The van der Waals surface area contributed by atoms with Crippen molar-refractivity contribution in [3.05, 3.63) is 47.7 Å². The molecule has 0 aliphatic carbocycles. The Hall–Kier alpha value is -1.85. The lowest BCUT2D eigenvalue weighted by molar-refractivity contribution is -0.157. The highest BCUT2D eigenvalue weighted by Gasteiger charge is 2.28. The predicted molar refractivity (Wildman–Crippen MR) is 76.7 cm³/mol. The second-order valence-corrected chi connectivity index (χ2v) is 4.94. The van der Waals surface area contributed by atoms with Crippen LogP contribution in [0.15, 0.2) is 42.2 Å². The maximum absolute atomic E-state index is 11.2. The largest absolute Gasteiger partial charge is 0.475 e. The molecular formula is C16H20O5. The first kappa shape index (κ1) is 15.5. The van der Waals surface area contributed by atoms with Gasteiger partial charge in [0.05, 0.1) is 6.61 Å². The molecule has 0 amide bonds. The number of benzene rings is 1. The minimum absolute atomic E-state index is 0.0334. The topological polar surface area (TPSA) is 76.0 Å². The van der Waals surface area contributed by atoms with Crippen molar-refractivity contribution >= 4 is 5.97 Å². The van der Waals surface area contributed by atoms with Gasteiger partial charge in [0.2, 0.25) is 12.0 Å². The van der Waals surface area contributed by atoms with Gasteiger partial charge in [-0.05, 0) is 24.5 Å². The summed E-state index contributed by atoms with van der Waals surface area (Å²) in [6.07, 6.45) is 3.03. The van der Waals surface area contributed by atoms with Crippen molar-refractivity contribution in [2.24, 2.45) is 0 Å². The number of hydrogen-bond donors (Lipinski definition) is 2. The molecule has 1 aliphatic rings. The van der Waals surface area contributed by atoms with E-state index in [2.05, 4.69) is 0 Å². The smallest absolute Gasteiger partial charge is 0.370 e. The molecule has 5 heteroatoms. The van der Waals surface area contributed by atoms with Crippen LogP contribution in [-0.4, -0.2) is 35.7 Å². The van der Waals surface area contributed by atoms with Gasteiger partial charge in [-0.2, -0.15) is 0 Å². The first-order chi connectivity index (χ1) is 10.2. The summed E-state index contributed by atoms with van der Waals surface area (Å²) >= 11 is 0. The van der Waals surface area contributed by atoms with E-state index in [1.54, 1.807) is 6.08 Å². The maximum atomic E-state index is 11.2. The summed E-state index contributed by atoms with van der Waals surface area (Å²) in [6.45, 7) is 0.571. The number of allylic oxidation sites excluding steroid dienone is 1. The van der Waals surface area contributed by atoms with E-state index in [9.17, 15) is 4.79 Å². The van der Waals surface area contributed by atoms with E-state index < -0.39 is 12.3 Å². The van der Waals surface area contributed by atoms with E-state index in [-0.39, 0.29) is 18.3 Å². The minimum Gasteiger partial charge on any atom is -0.475 e. The number of carboxylic acid groups (broad SMARTS) is 1. The van der Waals surface area contributed by atoms with Gasteiger partial charge in [0.1, 0.15) is 0 Å². The van der Waals surface area contributed by atoms with Gasteiger partial charge in [0.25, 0.3) is 0 Å². The SMILES string of the molecule is O=C(O)C1=CC(c2ccccc2)CC(OCCCCO)O1. The number of ether oxygens (including phenoxy) is 2. The molecule has 1 aromatic rings. The molecule has 21 heavy (non-hydrogen) atoms. The average molecular weight is 292 g/mol. The molecule has 5 nitrogen and oxygen atoms in total. The second-order valence-electron chi connectivity index (χ2n) is 4.94. The number of aliphatic carboxylic acids is 1. The van der Waals surface area contributed by atoms with Crippen molar-refractivity contribution in [2.45, 2.75) is 31.5 Å². The molecule has 114 valence electrons. The fourth-order valence-corrected chi connectivity index (χ4v) is 2.27. The summed E-state index contributed by atoms with van der Waals surface area (Å²) in [6, 6.07) is 9.71. The Labute approximate surface area is 123 Å². The van der Waals surface area contributed by atoms with Gasteiger partial charge in [-0.3, -0.25) is 0 Å². The monoisotopic (exact) mass is 292 g/mol. The van der Waals surface area contributed by atoms with Crippen LogP contribution in [-0.2, 0) is 14.3 Å². The standard InChI is InChI=1S/C16H20O5/c17-8-4-5-9-20-15-11-13(10-14(21-15)16(18)19)12-6-2-1-3-7-12/h1-3,6-7,10,13,15,17H,4-5,8-9,11H2,(H,18,19). The third-order valence-electron chi connectivity index (χ3n) is 3.35. The van der Waals surface area contributed by atoms with Crippen LogP contribution in [0.3, 0.4) is 0 Å². The van der Waals surface area contributed by atoms with Gasteiger partial charge in [0, 0.05) is 18.9 Å². The summed E-state index contributed by atoms with van der Waals surface area (Å²) < 4.78 is 10.9. The van der Waals surface area contributed by atoms with Crippen molar-refractivity contribution in [1.82, 2.24) is 0 Å². The van der Waals surface area contributed by atoms with Crippen LogP contribution in [0, 0.1) is 0 Å². The van der Waals surface area contributed by atoms with E-state index in [4.69, 9.17) is 19.7 Å². The van der Waals surface area contributed by atoms with Crippen LogP contribution in [0.5, 0.6) is 0 Å². The van der Waals surface area contributed by atoms with Gasteiger partial charge in [-0.15, -0.1) is 0 Å². The van der Waals surface area contributed by atoms with Crippen LogP contribution in [0.2, 0.25) is 0 Å². The van der Waals surface area contributed by atoms with Crippen LogP contribution < -0.4 is 0 Å². The Bertz CT molecular complexity index is 483. The zero-order chi connectivity index (χ0) is 15.1. The van der Waals surface area contributed by atoms with Crippen LogP contribution in [0.25, 0.3) is 0 Å². The lowest BCUT2D eigenvalue weighted by Gasteiger charge is -2.28. The molecule has 2 unspecified atom stereocenters. The zero-order valence-electron chi connectivity index (χ0n) is 11.8. The highest BCUT2D eigenvalue weighted by Crippen LogP contribution is 2.31. The summed E-state index contributed by atoms with van der Waals surface area (Å²) in [5.74, 6) is -1.18. The van der Waals surface area contributed by atoms with Crippen molar-refractivity contribution in [1.29, 1.82) is 0 Å². The highest BCUT2D eigenvalue weighted by atomic mass is 16.7. The van der Waals surface area contributed by atoms with Gasteiger partial charge in [-0.1, -0.05) is 30.3 Å². The third kappa shape index (κ3) is 4.58. The first-order valence-corrected chi connectivity index (χ1v) is 7.10. The summed E-state index contributed by atoms with van der Waals surface area (Å²) in [5.41, 5.74) is 1.04. The number of unbranched alkanes of at least 4 members (excludes halogenated alkanes) is 1. The minimum atomic E-state index is -1.08. The second kappa shape index (κ2) is 7.81.